The zero-order valence-electron chi connectivity index (χ0n) is 12.8. The Kier molecular flexibility index (Phi) is 5.78. The van der Waals surface area contributed by atoms with Crippen LogP contribution in [0.4, 0.5) is 0 Å². The normalized spacial score (nSPS) is 12.4. The highest BCUT2D eigenvalue weighted by Crippen LogP contribution is 2.16. The molecule has 2 aromatic rings. The van der Waals surface area contributed by atoms with E-state index in [2.05, 4.69) is 36.2 Å². The van der Waals surface area contributed by atoms with Gasteiger partial charge in [-0.15, -0.1) is 0 Å². The molecule has 2 N–H and O–H groups in total. The second-order valence-corrected chi connectivity index (χ2v) is 5.40. The first kappa shape index (κ1) is 15.5. The van der Waals surface area contributed by atoms with Crippen molar-refractivity contribution in [2.75, 3.05) is 20.7 Å². The molecule has 0 aromatic heterocycles. The average molecular weight is 284 g/mol. The number of hydrogen-bond donors (Lipinski definition) is 1. The van der Waals surface area contributed by atoms with E-state index in [9.17, 15) is 0 Å². The maximum Gasteiger partial charge on any atom is 0.119 e. The average Bonchev–Trinajstić information content (AvgIpc) is 2.53. The van der Waals surface area contributed by atoms with Crippen LogP contribution in [-0.4, -0.2) is 25.6 Å². The summed E-state index contributed by atoms with van der Waals surface area (Å²) in [7, 11) is 3.82. The van der Waals surface area contributed by atoms with E-state index in [1.54, 1.807) is 7.11 Å². The number of ether oxygens (including phenoxy) is 1. The number of methoxy groups -OCH3 is 1. The molecule has 2 rings (SSSR count). The van der Waals surface area contributed by atoms with Gasteiger partial charge in [-0.25, -0.2) is 0 Å². The Balaban J connectivity index is 1.83. The van der Waals surface area contributed by atoms with E-state index in [4.69, 9.17) is 10.5 Å². The largest absolute Gasteiger partial charge is 0.497 e. The molecule has 0 amide bonds. The van der Waals surface area contributed by atoms with Crippen LogP contribution >= 0.6 is 0 Å². The van der Waals surface area contributed by atoms with Gasteiger partial charge < -0.3 is 15.4 Å². The molecular formula is C18H24N2O. The standard InChI is InChI=1S/C18H24N2O/c1-20(14-15-7-6-10-17(13-15)21-2)12-11-18(19)16-8-4-3-5-9-16/h3-10,13,18H,11-12,14,19H2,1-2H3. The number of hydrogen-bond acceptors (Lipinski definition) is 3. The Labute approximate surface area is 127 Å². The van der Waals surface area contributed by atoms with E-state index < -0.39 is 0 Å². The van der Waals surface area contributed by atoms with E-state index in [0.29, 0.717) is 0 Å². The van der Waals surface area contributed by atoms with Gasteiger partial charge in [0.1, 0.15) is 5.75 Å². The lowest BCUT2D eigenvalue weighted by atomic mass is 10.0. The van der Waals surface area contributed by atoms with Crippen molar-refractivity contribution in [2.24, 2.45) is 5.73 Å². The Bertz CT molecular complexity index is 542. The lowest BCUT2D eigenvalue weighted by Gasteiger charge is -2.20. The van der Waals surface area contributed by atoms with Crippen LogP contribution in [0.25, 0.3) is 0 Å². The smallest absolute Gasteiger partial charge is 0.119 e. The third-order valence-corrected chi connectivity index (χ3v) is 3.64. The Morgan fingerprint density at radius 1 is 1.10 bits per heavy atom. The van der Waals surface area contributed by atoms with Gasteiger partial charge in [-0.05, 0) is 43.3 Å². The summed E-state index contributed by atoms with van der Waals surface area (Å²) in [6.45, 7) is 1.87. The minimum atomic E-state index is 0.0963. The van der Waals surface area contributed by atoms with Gasteiger partial charge in [0.25, 0.3) is 0 Å². The zero-order valence-corrected chi connectivity index (χ0v) is 12.8. The molecule has 3 nitrogen and oxygen atoms in total. The second kappa shape index (κ2) is 7.81. The molecular weight excluding hydrogens is 260 g/mol. The molecule has 0 fully saturated rings. The Morgan fingerprint density at radius 2 is 1.86 bits per heavy atom. The molecule has 0 heterocycles. The lowest BCUT2D eigenvalue weighted by molar-refractivity contribution is 0.311. The fraction of sp³-hybridized carbons (Fsp3) is 0.333. The van der Waals surface area contributed by atoms with Gasteiger partial charge in [0, 0.05) is 12.6 Å². The van der Waals surface area contributed by atoms with E-state index in [-0.39, 0.29) is 6.04 Å². The minimum Gasteiger partial charge on any atom is -0.497 e. The van der Waals surface area contributed by atoms with Crippen molar-refractivity contribution in [3.05, 3.63) is 65.7 Å². The second-order valence-electron chi connectivity index (χ2n) is 5.40. The highest BCUT2D eigenvalue weighted by atomic mass is 16.5. The van der Waals surface area contributed by atoms with Crippen LogP contribution in [0.1, 0.15) is 23.6 Å². The topological polar surface area (TPSA) is 38.5 Å². The summed E-state index contributed by atoms with van der Waals surface area (Å²) >= 11 is 0. The monoisotopic (exact) mass is 284 g/mol. The predicted octanol–water partition coefficient (Wildman–Crippen LogP) is 3.22. The van der Waals surface area contributed by atoms with E-state index >= 15 is 0 Å². The fourth-order valence-electron chi connectivity index (χ4n) is 2.39. The third kappa shape index (κ3) is 4.88. The molecule has 2 aromatic carbocycles. The number of nitrogens with two attached hydrogens (primary N) is 1. The van der Waals surface area contributed by atoms with Crippen molar-refractivity contribution in [1.29, 1.82) is 0 Å². The first-order chi connectivity index (χ1) is 10.2. The first-order valence-electron chi connectivity index (χ1n) is 7.31. The molecule has 112 valence electrons. The number of rotatable bonds is 7. The maximum absolute atomic E-state index is 6.24. The Hall–Kier alpha value is -1.84. The lowest BCUT2D eigenvalue weighted by Crippen LogP contribution is -2.23. The molecule has 1 unspecified atom stereocenters. The van der Waals surface area contributed by atoms with Crippen molar-refractivity contribution < 1.29 is 4.74 Å². The van der Waals surface area contributed by atoms with Gasteiger partial charge in [0.05, 0.1) is 7.11 Å². The molecule has 0 radical (unpaired) electrons. The fourth-order valence-corrected chi connectivity index (χ4v) is 2.39. The molecule has 3 heteroatoms. The van der Waals surface area contributed by atoms with Crippen molar-refractivity contribution >= 4 is 0 Å². The number of benzene rings is 2. The third-order valence-electron chi connectivity index (χ3n) is 3.64. The van der Waals surface area contributed by atoms with Crippen LogP contribution in [0.5, 0.6) is 5.75 Å². The summed E-state index contributed by atoms with van der Waals surface area (Å²) in [5, 5.41) is 0. The molecule has 0 spiro atoms. The zero-order chi connectivity index (χ0) is 15.1. The first-order valence-corrected chi connectivity index (χ1v) is 7.31. The molecule has 0 bridgehead atoms. The molecule has 1 atom stereocenters. The quantitative estimate of drug-likeness (QED) is 0.848. The summed E-state index contributed by atoms with van der Waals surface area (Å²) in [4.78, 5) is 2.29. The van der Waals surface area contributed by atoms with Crippen LogP contribution in [0.15, 0.2) is 54.6 Å². The van der Waals surface area contributed by atoms with Crippen LogP contribution in [0.2, 0.25) is 0 Å². The molecule has 0 saturated heterocycles. The van der Waals surface area contributed by atoms with Crippen LogP contribution in [0, 0.1) is 0 Å². The SMILES string of the molecule is COc1cccc(CN(C)CCC(N)c2ccccc2)c1. The highest BCUT2D eigenvalue weighted by molar-refractivity contribution is 5.28. The van der Waals surface area contributed by atoms with Gasteiger partial charge >= 0.3 is 0 Å². The van der Waals surface area contributed by atoms with Crippen molar-refractivity contribution in [3.8, 4) is 5.75 Å². The summed E-state index contributed by atoms with van der Waals surface area (Å²) < 4.78 is 5.25. The molecule has 0 aliphatic heterocycles. The van der Waals surface area contributed by atoms with Gasteiger partial charge in [-0.1, -0.05) is 42.5 Å². The molecule has 21 heavy (non-hydrogen) atoms. The minimum absolute atomic E-state index is 0.0963. The molecule has 0 aliphatic carbocycles. The summed E-state index contributed by atoms with van der Waals surface area (Å²) in [5.41, 5.74) is 8.69. The van der Waals surface area contributed by atoms with Crippen LogP contribution in [-0.2, 0) is 6.54 Å². The van der Waals surface area contributed by atoms with E-state index in [1.165, 1.54) is 11.1 Å². The summed E-state index contributed by atoms with van der Waals surface area (Å²) in [5.74, 6) is 0.905. The molecule has 0 aliphatic rings. The van der Waals surface area contributed by atoms with Gasteiger partial charge in [0.2, 0.25) is 0 Å². The van der Waals surface area contributed by atoms with Crippen molar-refractivity contribution in [3.63, 3.8) is 0 Å². The van der Waals surface area contributed by atoms with Crippen LogP contribution < -0.4 is 10.5 Å². The molecule has 0 saturated carbocycles. The van der Waals surface area contributed by atoms with Crippen molar-refractivity contribution in [1.82, 2.24) is 4.90 Å². The maximum atomic E-state index is 6.24. The number of nitrogens with zero attached hydrogens (tertiary/aromatic N) is 1. The predicted molar refractivity (Wildman–Crippen MR) is 87.3 cm³/mol. The Morgan fingerprint density at radius 3 is 2.57 bits per heavy atom. The van der Waals surface area contributed by atoms with E-state index in [0.717, 1.165) is 25.3 Å². The van der Waals surface area contributed by atoms with Gasteiger partial charge in [0.15, 0.2) is 0 Å². The summed E-state index contributed by atoms with van der Waals surface area (Å²) in [6.07, 6.45) is 0.949. The van der Waals surface area contributed by atoms with Crippen LogP contribution in [0.3, 0.4) is 0 Å². The van der Waals surface area contributed by atoms with Gasteiger partial charge in [-0.2, -0.15) is 0 Å². The van der Waals surface area contributed by atoms with Gasteiger partial charge in [-0.3, -0.25) is 0 Å². The van der Waals surface area contributed by atoms with E-state index in [1.807, 2.05) is 30.3 Å². The summed E-state index contributed by atoms with van der Waals surface area (Å²) in [6, 6.07) is 18.6. The highest BCUT2D eigenvalue weighted by Gasteiger charge is 2.08. The van der Waals surface area contributed by atoms with Crippen molar-refractivity contribution in [2.45, 2.75) is 19.0 Å².